The minimum atomic E-state index is -1.22. The molecule has 90 valence electrons. The molecule has 0 spiro atoms. The van der Waals surface area contributed by atoms with Gasteiger partial charge in [-0.1, -0.05) is 0 Å². The summed E-state index contributed by atoms with van der Waals surface area (Å²) in [6.07, 6.45) is 0.392. The summed E-state index contributed by atoms with van der Waals surface area (Å²) in [4.78, 5) is 12.2. The van der Waals surface area contributed by atoms with Crippen molar-refractivity contribution in [2.45, 2.75) is 26.0 Å². The molecule has 1 heterocycles. The van der Waals surface area contributed by atoms with Crippen LogP contribution in [-0.4, -0.2) is 27.5 Å². The van der Waals surface area contributed by atoms with Gasteiger partial charge >= 0.3 is 0 Å². The molecule has 5 heteroatoms. The van der Waals surface area contributed by atoms with Gasteiger partial charge in [-0.15, -0.1) is 0 Å². The van der Waals surface area contributed by atoms with E-state index in [4.69, 9.17) is 0 Å². The Bertz CT molecular complexity index is 480. The lowest BCUT2D eigenvalue weighted by atomic mass is 10.1. The molecule has 1 N–H and O–H groups in total. The van der Waals surface area contributed by atoms with E-state index < -0.39 is 5.72 Å². The number of halogens is 1. The van der Waals surface area contributed by atoms with Crippen molar-refractivity contribution in [2.24, 2.45) is 5.10 Å². The van der Waals surface area contributed by atoms with Gasteiger partial charge in [-0.2, -0.15) is 10.1 Å². The summed E-state index contributed by atoms with van der Waals surface area (Å²) in [5.74, 6) is -0.275. The fraction of sp³-hybridized carbons (Fsp3) is 0.333. The van der Waals surface area contributed by atoms with Gasteiger partial charge in [0, 0.05) is 21.3 Å². The van der Waals surface area contributed by atoms with Crippen molar-refractivity contribution in [1.82, 2.24) is 5.01 Å². The molecule has 0 aromatic heterocycles. The number of rotatable bonds is 1. The van der Waals surface area contributed by atoms with Crippen LogP contribution in [-0.2, 0) is 0 Å². The quantitative estimate of drug-likeness (QED) is 0.795. The molecule has 1 aliphatic heterocycles. The normalized spacial score (nSPS) is 23.8. The van der Waals surface area contributed by atoms with E-state index in [1.165, 1.54) is 0 Å². The van der Waals surface area contributed by atoms with Crippen LogP contribution in [0.15, 0.2) is 29.4 Å². The molecule has 1 amide bonds. The second kappa shape index (κ2) is 4.38. The van der Waals surface area contributed by atoms with Gasteiger partial charge in [-0.3, -0.25) is 4.79 Å². The molecule has 0 radical (unpaired) electrons. The Morgan fingerprint density at radius 1 is 1.47 bits per heavy atom. The van der Waals surface area contributed by atoms with Crippen molar-refractivity contribution in [3.8, 4) is 0 Å². The zero-order valence-corrected chi connectivity index (χ0v) is 11.8. The Morgan fingerprint density at radius 3 is 2.53 bits per heavy atom. The number of benzene rings is 1. The predicted molar refractivity (Wildman–Crippen MR) is 73.7 cm³/mol. The number of hydrogen-bond donors (Lipinski definition) is 1. The van der Waals surface area contributed by atoms with Crippen LogP contribution in [0.4, 0.5) is 0 Å². The van der Waals surface area contributed by atoms with E-state index in [9.17, 15) is 9.90 Å². The van der Waals surface area contributed by atoms with Crippen LogP contribution in [0.25, 0.3) is 0 Å². The molecular formula is C12H13IN2O2. The van der Waals surface area contributed by atoms with Crippen molar-refractivity contribution < 1.29 is 9.90 Å². The molecule has 2 rings (SSSR count). The van der Waals surface area contributed by atoms with Crippen LogP contribution in [0.2, 0.25) is 0 Å². The largest absolute Gasteiger partial charge is 0.369 e. The maximum absolute atomic E-state index is 12.2. The van der Waals surface area contributed by atoms with Gasteiger partial charge in [0.15, 0.2) is 5.72 Å². The molecular weight excluding hydrogens is 331 g/mol. The monoisotopic (exact) mass is 344 g/mol. The minimum Gasteiger partial charge on any atom is -0.369 e. The number of aliphatic hydroxyl groups is 1. The Labute approximate surface area is 113 Å². The molecule has 1 atom stereocenters. The van der Waals surface area contributed by atoms with Gasteiger partial charge in [0.2, 0.25) is 0 Å². The molecule has 1 aliphatic rings. The fourth-order valence-corrected chi connectivity index (χ4v) is 2.21. The summed E-state index contributed by atoms with van der Waals surface area (Å²) in [5.41, 5.74) is 0.0717. The summed E-state index contributed by atoms with van der Waals surface area (Å²) in [5, 5.41) is 15.3. The predicted octanol–water partition coefficient (Wildman–Crippen LogP) is 2.22. The lowest BCUT2D eigenvalue weighted by Crippen LogP contribution is -2.43. The van der Waals surface area contributed by atoms with Crippen molar-refractivity contribution in [2.75, 3.05) is 0 Å². The molecule has 0 saturated carbocycles. The van der Waals surface area contributed by atoms with E-state index in [0.717, 1.165) is 14.3 Å². The number of carbonyl (C=O) groups is 1. The van der Waals surface area contributed by atoms with Gasteiger partial charge in [0.05, 0.1) is 0 Å². The fourth-order valence-electron chi connectivity index (χ4n) is 1.85. The number of hydrogen-bond acceptors (Lipinski definition) is 3. The van der Waals surface area contributed by atoms with E-state index >= 15 is 0 Å². The van der Waals surface area contributed by atoms with Gasteiger partial charge in [0.1, 0.15) is 0 Å². The Morgan fingerprint density at radius 2 is 2.06 bits per heavy atom. The number of amides is 1. The molecule has 1 aromatic carbocycles. The van der Waals surface area contributed by atoms with Crippen molar-refractivity contribution >= 4 is 34.2 Å². The first-order valence-electron chi connectivity index (χ1n) is 5.27. The minimum absolute atomic E-state index is 0.275. The van der Waals surface area contributed by atoms with E-state index in [1.807, 2.05) is 12.1 Å². The molecule has 17 heavy (non-hydrogen) atoms. The standard InChI is InChI=1S/C12H13IN2O2/c1-8-7-12(2,17)15(14-8)11(16)9-3-5-10(13)6-4-9/h3-6,17H,7H2,1-2H3. The topological polar surface area (TPSA) is 52.9 Å². The molecule has 4 nitrogen and oxygen atoms in total. The van der Waals surface area contributed by atoms with Crippen LogP contribution in [0, 0.1) is 3.57 Å². The summed E-state index contributed by atoms with van der Waals surface area (Å²) in [6.45, 7) is 3.40. The maximum Gasteiger partial charge on any atom is 0.276 e. The first-order valence-corrected chi connectivity index (χ1v) is 6.34. The first-order chi connectivity index (χ1) is 7.90. The van der Waals surface area contributed by atoms with Gasteiger partial charge in [-0.25, -0.2) is 0 Å². The highest BCUT2D eigenvalue weighted by Gasteiger charge is 2.39. The van der Waals surface area contributed by atoms with Crippen LogP contribution in [0.1, 0.15) is 30.6 Å². The maximum atomic E-state index is 12.2. The van der Waals surface area contributed by atoms with E-state index in [-0.39, 0.29) is 5.91 Å². The summed E-state index contributed by atoms with van der Waals surface area (Å²) in [6, 6.07) is 7.19. The summed E-state index contributed by atoms with van der Waals surface area (Å²) in [7, 11) is 0. The zero-order chi connectivity index (χ0) is 12.6. The Kier molecular flexibility index (Phi) is 3.22. The molecule has 0 bridgehead atoms. The van der Waals surface area contributed by atoms with Gasteiger partial charge in [0.25, 0.3) is 5.91 Å². The number of hydrazone groups is 1. The molecule has 1 unspecified atom stereocenters. The molecule has 0 fully saturated rings. The lowest BCUT2D eigenvalue weighted by Gasteiger charge is -2.26. The summed E-state index contributed by atoms with van der Waals surface area (Å²) >= 11 is 2.18. The van der Waals surface area contributed by atoms with E-state index in [2.05, 4.69) is 27.7 Å². The third-order valence-electron chi connectivity index (χ3n) is 2.60. The van der Waals surface area contributed by atoms with Crippen LogP contribution in [0.3, 0.4) is 0 Å². The van der Waals surface area contributed by atoms with Crippen LogP contribution >= 0.6 is 22.6 Å². The number of carbonyl (C=O) groups excluding carboxylic acids is 1. The van der Waals surface area contributed by atoms with Gasteiger partial charge in [-0.05, 0) is 60.7 Å². The zero-order valence-electron chi connectivity index (χ0n) is 9.64. The highest BCUT2D eigenvalue weighted by atomic mass is 127. The third kappa shape index (κ3) is 2.50. The summed E-state index contributed by atoms with van der Waals surface area (Å²) < 4.78 is 1.06. The van der Waals surface area contributed by atoms with Gasteiger partial charge < -0.3 is 5.11 Å². The Balaban J connectivity index is 2.29. The smallest absolute Gasteiger partial charge is 0.276 e. The molecule has 0 aliphatic carbocycles. The van der Waals surface area contributed by atoms with Crippen LogP contribution < -0.4 is 0 Å². The average molecular weight is 344 g/mol. The van der Waals surface area contributed by atoms with Crippen molar-refractivity contribution in [3.05, 3.63) is 33.4 Å². The van der Waals surface area contributed by atoms with E-state index in [1.54, 1.807) is 26.0 Å². The van der Waals surface area contributed by atoms with Crippen LogP contribution in [0.5, 0.6) is 0 Å². The first kappa shape index (κ1) is 12.5. The number of nitrogens with zero attached hydrogens (tertiary/aromatic N) is 2. The lowest BCUT2D eigenvalue weighted by molar-refractivity contribution is -0.0553. The Hall–Kier alpha value is -0.950. The second-order valence-electron chi connectivity index (χ2n) is 4.35. The molecule has 1 aromatic rings. The van der Waals surface area contributed by atoms with Crippen molar-refractivity contribution in [1.29, 1.82) is 0 Å². The molecule has 0 saturated heterocycles. The second-order valence-corrected chi connectivity index (χ2v) is 5.60. The highest BCUT2D eigenvalue weighted by Crippen LogP contribution is 2.26. The van der Waals surface area contributed by atoms with E-state index in [0.29, 0.717) is 12.0 Å². The average Bonchev–Trinajstić information content (AvgIpc) is 2.52. The van der Waals surface area contributed by atoms with Crippen molar-refractivity contribution in [3.63, 3.8) is 0 Å². The SMILES string of the molecule is CC1=NN(C(=O)c2ccc(I)cc2)C(C)(O)C1. The third-order valence-corrected chi connectivity index (χ3v) is 3.32. The highest BCUT2D eigenvalue weighted by molar-refractivity contribution is 14.1.